The van der Waals surface area contributed by atoms with E-state index in [9.17, 15) is 9.59 Å². The fraction of sp³-hybridized carbons (Fsp3) is 0.412. The standard InChI is InChI=1S/C17H25N3O3/c1-19(2)11-10-18-16(21)13-20(3)17(22)9-8-14-6-5-7-15(12-14)23-4/h5-9,12H,10-11,13H2,1-4H3,(H,18,21)/b9-8+. The first kappa shape index (κ1) is 18.7. The first-order valence-corrected chi connectivity index (χ1v) is 7.41. The molecular weight excluding hydrogens is 294 g/mol. The number of methoxy groups -OCH3 is 1. The number of rotatable bonds is 8. The minimum absolute atomic E-state index is 0.0364. The van der Waals surface area contributed by atoms with E-state index >= 15 is 0 Å². The fourth-order valence-electron chi connectivity index (χ4n) is 1.81. The van der Waals surface area contributed by atoms with Gasteiger partial charge in [0.2, 0.25) is 11.8 Å². The number of ether oxygens (including phenoxy) is 1. The minimum Gasteiger partial charge on any atom is -0.497 e. The van der Waals surface area contributed by atoms with E-state index in [0.29, 0.717) is 6.54 Å². The van der Waals surface area contributed by atoms with E-state index in [1.54, 1.807) is 20.2 Å². The number of benzene rings is 1. The monoisotopic (exact) mass is 319 g/mol. The predicted molar refractivity (Wildman–Crippen MR) is 91.2 cm³/mol. The molecule has 1 N–H and O–H groups in total. The van der Waals surface area contributed by atoms with Gasteiger partial charge in [0.25, 0.3) is 0 Å². The van der Waals surface area contributed by atoms with Crippen LogP contribution in [0.3, 0.4) is 0 Å². The molecule has 0 bridgehead atoms. The number of carbonyl (C=O) groups excluding carboxylic acids is 2. The number of amides is 2. The maximum atomic E-state index is 12.0. The van der Waals surface area contributed by atoms with Gasteiger partial charge in [-0.1, -0.05) is 12.1 Å². The lowest BCUT2D eigenvalue weighted by atomic mass is 10.2. The summed E-state index contributed by atoms with van der Waals surface area (Å²) in [6.45, 7) is 1.36. The van der Waals surface area contributed by atoms with Crippen LogP contribution in [-0.4, -0.2) is 69.5 Å². The number of hydrogen-bond donors (Lipinski definition) is 1. The molecule has 6 heteroatoms. The summed E-state index contributed by atoms with van der Waals surface area (Å²) < 4.78 is 5.13. The minimum atomic E-state index is -0.226. The number of nitrogens with zero attached hydrogens (tertiary/aromatic N) is 2. The molecule has 0 radical (unpaired) electrons. The van der Waals surface area contributed by atoms with Crippen molar-refractivity contribution in [3.8, 4) is 5.75 Å². The van der Waals surface area contributed by atoms with Crippen molar-refractivity contribution in [3.05, 3.63) is 35.9 Å². The second-order valence-corrected chi connectivity index (χ2v) is 5.46. The maximum Gasteiger partial charge on any atom is 0.246 e. The molecular formula is C17H25N3O3. The van der Waals surface area contributed by atoms with Gasteiger partial charge in [-0.05, 0) is 37.9 Å². The van der Waals surface area contributed by atoms with Gasteiger partial charge < -0.3 is 19.9 Å². The average molecular weight is 319 g/mol. The van der Waals surface area contributed by atoms with Crippen LogP contribution in [0.25, 0.3) is 6.08 Å². The van der Waals surface area contributed by atoms with E-state index in [2.05, 4.69) is 5.32 Å². The van der Waals surface area contributed by atoms with Crippen molar-refractivity contribution in [3.63, 3.8) is 0 Å². The summed E-state index contributed by atoms with van der Waals surface area (Å²) in [4.78, 5) is 27.1. The molecule has 0 atom stereocenters. The summed E-state index contributed by atoms with van der Waals surface area (Å²) in [5.74, 6) is 0.335. The summed E-state index contributed by atoms with van der Waals surface area (Å²) in [6.07, 6.45) is 3.15. The molecule has 0 saturated carbocycles. The Kier molecular flexibility index (Phi) is 7.83. The van der Waals surface area contributed by atoms with Crippen LogP contribution in [0, 0.1) is 0 Å². The van der Waals surface area contributed by atoms with E-state index in [-0.39, 0.29) is 18.4 Å². The Balaban J connectivity index is 2.46. The Bertz CT molecular complexity index is 556. The van der Waals surface area contributed by atoms with E-state index in [0.717, 1.165) is 17.9 Å². The second-order valence-electron chi connectivity index (χ2n) is 5.46. The molecule has 1 aromatic carbocycles. The fourth-order valence-corrected chi connectivity index (χ4v) is 1.81. The van der Waals surface area contributed by atoms with Gasteiger partial charge in [-0.25, -0.2) is 0 Å². The molecule has 0 unspecified atom stereocenters. The number of likely N-dealkylation sites (N-methyl/N-ethyl adjacent to an activating group) is 2. The molecule has 1 aromatic rings. The smallest absolute Gasteiger partial charge is 0.246 e. The van der Waals surface area contributed by atoms with Crippen LogP contribution >= 0.6 is 0 Å². The first-order valence-electron chi connectivity index (χ1n) is 7.41. The molecule has 0 saturated heterocycles. The molecule has 0 aromatic heterocycles. The maximum absolute atomic E-state index is 12.0. The Morgan fingerprint density at radius 2 is 2.00 bits per heavy atom. The Morgan fingerprint density at radius 3 is 2.65 bits per heavy atom. The summed E-state index contributed by atoms with van der Waals surface area (Å²) in [7, 11) is 7.07. The van der Waals surface area contributed by atoms with Gasteiger partial charge >= 0.3 is 0 Å². The molecule has 126 valence electrons. The third-order valence-corrected chi connectivity index (χ3v) is 3.15. The van der Waals surface area contributed by atoms with Crippen LogP contribution in [0.4, 0.5) is 0 Å². The average Bonchev–Trinajstić information content (AvgIpc) is 2.52. The highest BCUT2D eigenvalue weighted by atomic mass is 16.5. The SMILES string of the molecule is COc1cccc(/C=C/C(=O)N(C)CC(=O)NCCN(C)C)c1. The number of nitrogens with one attached hydrogen (secondary N) is 1. The second kappa shape index (κ2) is 9.63. The van der Waals surface area contributed by atoms with Crippen LogP contribution in [0.15, 0.2) is 30.3 Å². The Morgan fingerprint density at radius 1 is 1.26 bits per heavy atom. The van der Waals surface area contributed by atoms with Gasteiger partial charge in [-0.15, -0.1) is 0 Å². The van der Waals surface area contributed by atoms with E-state index in [1.165, 1.54) is 11.0 Å². The van der Waals surface area contributed by atoms with Crippen molar-refractivity contribution in [1.29, 1.82) is 0 Å². The summed E-state index contributed by atoms with van der Waals surface area (Å²) in [5.41, 5.74) is 0.863. The van der Waals surface area contributed by atoms with Crippen LogP contribution in [0.2, 0.25) is 0 Å². The molecule has 0 aliphatic carbocycles. The molecule has 0 aliphatic rings. The van der Waals surface area contributed by atoms with Crippen LogP contribution < -0.4 is 10.1 Å². The van der Waals surface area contributed by atoms with Gasteiger partial charge in [0.15, 0.2) is 0 Å². The zero-order valence-corrected chi connectivity index (χ0v) is 14.2. The van der Waals surface area contributed by atoms with Crippen molar-refractivity contribution in [2.75, 3.05) is 47.9 Å². The van der Waals surface area contributed by atoms with Crippen molar-refractivity contribution in [1.82, 2.24) is 15.1 Å². The van der Waals surface area contributed by atoms with Crippen LogP contribution in [-0.2, 0) is 9.59 Å². The lowest BCUT2D eigenvalue weighted by Gasteiger charge is -2.15. The molecule has 23 heavy (non-hydrogen) atoms. The van der Waals surface area contributed by atoms with Crippen molar-refractivity contribution >= 4 is 17.9 Å². The third-order valence-electron chi connectivity index (χ3n) is 3.15. The molecule has 0 heterocycles. The van der Waals surface area contributed by atoms with E-state index in [4.69, 9.17) is 4.74 Å². The lowest BCUT2D eigenvalue weighted by molar-refractivity contribution is -0.131. The topological polar surface area (TPSA) is 61.9 Å². The van der Waals surface area contributed by atoms with Gasteiger partial charge in [-0.2, -0.15) is 0 Å². The Hall–Kier alpha value is -2.34. The normalized spacial score (nSPS) is 10.8. The highest BCUT2D eigenvalue weighted by Crippen LogP contribution is 2.13. The van der Waals surface area contributed by atoms with Gasteiger partial charge in [0, 0.05) is 26.2 Å². The highest BCUT2D eigenvalue weighted by molar-refractivity contribution is 5.94. The zero-order valence-electron chi connectivity index (χ0n) is 14.2. The van der Waals surface area contributed by atoms with Crippen molar-refractivity contribution < 1.29 is 14.3 Å². The molecule has 1 rings (SSSR count). The Labute approximate surface area is 137 Å². The zero-order chi connectivity index (χ0) is 17.2. The van der Waals surface area contributed by atoms with Crippen molar-refractivity contribution in [2.45, 2.75) is 0 Å². The van der Waals surface area contributed by atoms with Gasteiger partial charge in [-0.3, -0.25) is 9.59 Å². The van der Waals surface area contributed by atoms with Crippen molar-refractivity contribution in [2.24, 2.45) is 0 Å². The van der Waals surface area contributed by atoms with Gasteiger partial charge in [0.05, 0.1) is 13.7 Å². The molecule has 0 spiro atoms. The van der Waals surface area contributed by atoms with Gasteiger partial charge in [0.1, 0.15) is 5.75 Å². The lowest BCUT2D eigenvalue weighted by Crippen LogP contribution is -2.39. The summed E-state index contributed by atoms with van der Waals surface area (Å²) in [5, 5.41) is 2.77. The van der Waals surface area contributed by atoms with Crippen LogP contribution in [0.5, 0.6) is 5.75 Å². The third kappa shape index (κ3) is 7.46. The number of carbonyl (C=O) groups is 2. The quantitative estimate of drug-likeness (QED) is 0.722. The molecule has 0 fully saturated rings. The summed E-state index contributed by atoms with van der Waals surface area (Å²) >= 11 is 0. The van der Waals surface area contributed by atoms with E-state index < -0.39 is 0 Å². The first-order chi connectivity index (χ1) is 10.9. The van der Waals surface area contributed by atoms with E-state index in [1.807, 2.05) is 43.3 Å². The largest absolute Gasteiger partial charge is 0.497 e. The number of hydrogen-bond acceptors (Lipinski definition) is 4. The highest BCUT2D eigenvalue weighted by Gasteiger charge is 2.10. The predicted octanol–water partition coefficient (Wildman–Crippen LogP) is 0.845. The van der Waals surface area contributed by atoms with Crippen LogP contribution in [0.1, 0.15) is 5.56 Å². The molecule has 6 nitrogen and oxygen atoms in total. The molecule has 2 amide bonds. The molecule has 0 aliphatic heterocycles. The summed E-state index contributed by atoms with van der Waals surface area (Å²) in [6, 6.07) is 7.40.